The van der Waals surface area contributed by atoms with Crippen molar-refractivity contribution >= 4 is 11.7 Å². The molecule has 0 aliphatic carbocycles. The summed E-state index contributed by atoms with van der Waals surface area (Å²) in [7, 11) is 0. The number of anilines is 1. The van der Waals surface area contributed by atoms with Gasteiger partial charge in [0.15, 0.2) is 0 Å². The molecule has 0 spiro atoms. The highest BCUT2D eigenvalue weighted by atomic mass is 19.1. The van der Waals surface area contributed by atoms with Crippen molar-refractivity contribution in [1.82, 2.24) is 0 Å². The summed E-state index contributed by atoms with van der Waals surface area (Å²) < 4.78 is 19.2. The Labute approximate surface area is 165 Å². The molecule has 1 N–H and O–H groups in total. The molecule has 150 valence electrons. The average molecular weight is 385 g/mol. The van der Waals surface area contributed by atoms with Crippen LogP contribution in [0.4, 0.5) is 10.1 Å². The highest BCUT2D eigenvalue weighted by Crippen LogP contribution is 2.24. The SMILES string of the molecule is O=C(O)CCCCc1ccc(N2CCCCC(Oc3ccc(F)cc3)C2)cc1. The van der Waals surface area contributed by atoms with E-state index in [0.717, 1.165) is 45.2 Å². The monoisotopic (exact) mass is 385 g/mol. The summed E-state index contributed by atoms with van der Waals surface area (Å²) in [5.41, 5.74) is 2.42. The molecule has 4 nitrogen and oxygen atoms in total. The number of unbranched alkanes of at least 4 members (excludes halogenated alkanes) is 1. The lowest BCUT2D eigenvalue weighted by atomic mass is 10.1. The third kappa shape index (κ3) is 6.25. The zero-order valence-corrected chi connectivity index (χ0v) is 16.1. The van der Waals surface area contributed by atoms with E-state index in [-0.39, 0.29) is 18.3 Å². The molecule has 28 heavy (non-hydrogen) atoms. The van der Waals surface area contributed by atoms with E-state index in [4.69, 9.17) is 9.84 Å². The third-order valence-corrected chi connectivity index (χ3v) is 5.15. The molecule has 0 saturated carbocycles. The van der Waals surface area contributed by atoms with Crippen LogP contribution in [-0.4, -0.2) is 30.3 Å². The number of carbonyl (C=O) groups is 1. The quantitative estimate of drug-likeness (QED) is 0.645. The van der Waals surface area contributed by atoms with Gasteiger partial charge in [-0.15, -0.1) is 0 Å². The number of hydrogen-bond donors (Lipinski definition) is 1. The van der Waals surface area contributed by atoms with E-state index >= 15 is 0 Å². The average Bonchev–Trinajstić information content (AvgIpc) is 2.93. The first-order valence-electron chi connectivity index (χ1n) is 10.1. The molecule has 1 heterocycles. The lowest BCUT2D eigenvalue weighted by molar-refractivity contribution is -0.137. The molecule has 1 aliphatic rings. The molecule has 1 saturated heterocycles. The predicted molar refractivity (Wildman–Crippen MR) is 109 cm³/mol. The Hall–Kier alpha value is -2.56. The summed E-state index contributed by atoms with van der Waals surface area (Å²) in [5, 5.41) is 8.71. The van der Waals surface area contributed by atoms with Gasteiger partial charge in [-0.05, 0) is 80.5 Å². The fourth-order valence-electron chi connectivity index (χ4n) is 3.62. The highest BCUT2D eigenvalue weighted by molar-refractivity contribution is 5.66. The van der Waals surface area contributed by atoms with Crippen LogP contribution in [-0.2, 0) is 11.2 Å². The number of aryl methyl sites for hydroxylation is 1. The summed E-state index contributed by atoms with van der Waals surface area (Å²) in [5.74, 6) is -0.267. The Kier molecular flexibility index (Phi) is 7.29. The smallest absolute Gasteiger partial charge is 0.303 e. The van der Waals surface area contributed by atoms with Crippen molar-refractivity contribution < 1.29 is 19.0 Å². The summed E-state index contributed by atoms with van der Waals surface area (Å²) >= 11 is 0. The first-order valence-corrected chi connectivity index (χ1v) is 10.1. The van der Waals surface area contributed by atoms with Crippen LogP contribution < -0.4 is 9.64 Å². The van der Waals surface area contributed by atoms with Crippen LogP contribution >= 0.6 is 0 Å². The maximum atomic E-state index is 13.1. The largest absolute Gasteiger partial charge is 0.489 e. The van der Waals surface area contributed by atoms with Crippen LogP contribution in [0.3, 0.4) is 0 Å². The van der Waals surface area contributed by atoms with E-state index in [0.29, 0.717) is 12.2 Å². The lowest BCUT2D eigenvalue weighted by Crippen LogP contribution is -2.34. The van der Waals surface area contributed by atoms with Crippen molar-refractivity contribution in [3.8, 4) is 5.75 Å². The van der Waals surface area contributed by atoms with Gasteiger partial charge in [0.2, 0.25) is 0 Å². The molecule has 5 heteroatoms. The number of benzene rings is 2. The molecule has 0 amide bonds. The van der Waals surface area contributed by atoms with Gasteiger partial charge >= 0.3 is 5.97 Å². The highest BCUT2D eigenvalue weighted by Gasteiger charge is 2.20. The van der Waals surface area contributed by atoms with E-state index in [1.54, 1.807) is 12.1 Å². The van der Waals surface area contributed by atoms with Crippen LogP contribution in [0, 0.1) is 5.82 Å². The first-order chi connectivity index (χ1) is 13.6. The van der Waals surface area contributed by atoms with Crippen molar-refractivity contribution in [2.75, 3.05) is 18.0 Å². The van der Waals surface area contributed by atoms with E-state index in [1.807, 2.05) is 0 Å². The van der Waals surface area contributed by atoms with Gasteiger partial charge in [-0.1, -0.05) is 12.1 Å². The maximum absolute atomic E-state index is 13.1. The van der Waals surface area contributed by atoms with E-state index in [9.17, 15) is 9.18 Å². The van der Waals surface area contributed by atoms with Crippen molar-refractivity contribution in [2.45, 2.75) is 51.0 Å². The molecular weight excluding hydrogens is 357 g/mol. The number of halogens is 1. The van der Waals surface area contributed by atoms with Crippen molar-refractivity contribution in [3.63, 3.8) is 0 Å². The number of aliphatic carboxylic acids is 1. The summed E-state index contributed by atoms with van der Waals surface area (Å²) in [4.78, 5) is 12.9. The normalized spacial score (nSPS) is 17.2. The van der Waals surface area contributed by atoms with Gasteiger partial charge in [-0.25, -0.2) is 4.39 Å². The number of rotatable bonds is 8. The topological polar surface area (TPSA) is 49.8 Å². The minimum absolute atomic E-state index is 0.0867. The van der Waals surface area contributed by atoms with Gasteiger partial charge in [0.05, 0.1) is 6.54 Å². The summed E-state index contributed by atoms with van der Waals surface area (Å²) in [6, 6.07) is 14.8. The molecule has 2 aromatic carbocycles. The number of nitrogens with zero attached hydrogens (tertiary/aromatic N) is 1. The predicted octanol–water partition coefficient (Wildman–Crippen LogP) is 5.06. The third-order valence-electron chi connectivity index (χ3n) is 5.15. The van der Waals surface area contributed by atoms with Crippen LogP contribution in [0.2, 0.25) is 0 Å². The lowest BCUT2D eigenvalue weighted by Gasteiger charge is -2.27. The Morgan fingerprint density at radius 2 is 1.82 bits per heavy atom. The van der Waals surface area contributed by atoms with Gasteiger partial charge < -0.3 is 14.7 Å². The van der Waals surface area contributed by atoms with Gasteiger partial charge in [-0.3, -0.25) is 4.79 Å². The molecule has 0 radical (unpaired) electrons. The molecule has 1 fully saturated rings. The van der Waals surface area contributed by atoms with Gasteiger partial charge in [0, 0.05) is 18.7 Å². The molecular formula is C23H28FNO3. The summed E-state index contributed by atoms with van der Waals surface area (Å²) in [6.45, 7) is 1.82. The molecule has 1 aliphatic heterocycles. The van der Waals surface area contributed by atoms with Crippen LogP contribution in [0.15, 0.2) is 48.5 Å². The van der Waals surface area contributed by atoms with E-state index in [2.05, 4.69) is 29.2 Å². The first kappa shape index (κ1) is 20.2. The molecule has 0 aromatic heterocycles. The second kappa shape index (κ2) is 10.1. The minimum Gasteiger partial charge on any atom is -0.489 e. The van der Waals surface area contributed by atoms with Crippen molar-refractivity contribution in [2.24, 2.45) is 0 Å². The fourth-order valence-corrected chi connectivity index (χ4v) is 3.62. The van der Waals surface area contributed by atoms with Gasteiger partial charge in [0.25, 0.3) is 0 Å². The number of carboxylic acid groups (broad SMARTS) is 1. The van der Waals surface area contributed by atoms with Crippen molar-refractivity contribution in [1.29, 1.82) is 0 Å². The number of hydrogen-bond acceptors (Lipinski definition) is 3. The van der Waals surface area contributed by atoms with E-state index in [1.165, 1.54) is 23.4 Å². The molecule has 2 aromatic rings. The zero-order valence-electron chi connectivity index (χ0n) is 16.1. The van der Waals surface area contributed by atoms with Gasteiger partial charge in [-0.2, -0.15) is 0 Å². The van der Waals surface area contributed by atoms with Crippen molar-refractivity contribution in [3.05, 3.63) is 59.9 Å². The molecule has 1 atom stereocenters. The Balaban J connectivity index is 1.55. The van der Waals surface area contributed by atoms with Crippen LogP contribution in [0.25, 0.3) is 0 Å². The fraction of sp³-hybridized carbons (Fsp3) is 0.435. The Morgan fingerprint density at radius 3 is 2.54 bits per heavy atom. The zero-order chi connectivity index (χ0) is 19.8. The number of carboxylic acids is 1. The number of ether oxygens (including phenoxy) is 1. The molecule has 0 bridgehead atoms. The van der Waals surface area contributed by atoms with Crippen LogP contribution in [0.1, 0.15) is 44.1 Å². The Morgan fingerprint density at radius 1 is 1.07 bits per heavy atom. The standard InChI is InChI=1S/C23H28FNO3/c24-19-10-14-21(15-11-19)28-22-6-3-4-16-25(17-22)20-12-8-18(9-13-20)5-1-2-7-23(26)27/h8-15,22H,1-7,16-17H2,(H,26,27). The molecule has 3 rings (SSSR count). The van der Waals surface area contributed by atoms with Crippen LogP contribution in [0.5, 0.6) is 5.75 Å². The second-order valence-electron chi connectivity index (χ2n) is 7.40. The summed E-state index contributed by atoms with van der Waals surface area (Å²) in [6.07, 6.45) is 6.07. The molecule has 1 unspecified atom stereocenters. The minimum atomic E-state index is -0.728. The van der Waals surface area contributed by atoms with Gasteiger partial charge in [0.1, 0.15) is 17.7 Å². The van der Waals surface area contributed by atoms with E-state index < -0.39 is 5.97 Å². The maximum Gasteiger partial charge on any atom is 0.303 e. The Bertz CT molecular complexity index is 745. The second-order valence-corrected chi connectivity index (χ2v) is 7.40.